The zero-order chi connectivity index (χ0) is 22.8. The minimum absolute atomic E-state index is 0.0363. The maximum atomic E-state index is 13.0. The summed E-state index contributed by atoms with van der Waals surface area (Å²) < 4.78 is 28.6. The summed E-state index contributed by atoms with van der Waals surface area (Å²) >= 11 is 12.1. The SMILES string of the molecule is Cc1ccc(NS(=O)(=O)c2cc(C(=O)N(C)Cc3ccc(Cl)cc3)ccc2Cl)c(C)c1. The molecule has 0 aliphatic rings. The van der Waals surface area contributed by atoms with Gasteiger partial charge in [-0.2, -0.15) is 0 Å². The molecule has 0 heterocycles. The lowest BCUT2D eigenvalue weighted by Gasteiger charge is -2.18. The molecule has 8 heteroatoms. The van der Waals surface area contributed by atoms with Gasteiger partial charge in [0.05, 0.1) is 10.7 Å². The molecule has 0 aliphatic carbocycles. The molecule has 0 aromatic heterocycles. The van der Waals surface area contributed by atoms with Gasteiger partial charge >= 0.3 is 0 Å². The van der Waals surface area contributed by atoms with Gasteiger partial charge in [0.1, 0.15) is 4.90 Å². The summed E-state index contributed by atoms with van der Waals surface area (Å²) in [4.78, 5) is 14.2. The molecule has 0 radical (unpaired) electrons. The number of carbonyl (C=O) groups is 1. The van der Waals surface area contributed by atoms with E-state index in [0.717, 1.165) is 16.7 Å². The van der Waals surface area contributed by atoms with E-state index in [1.807, 2.05) is 38.1 Å². The average Bonchev–Trinajstić information content (AvgIpc) is 2.71. The van der Waals surface area contributed by atoms with Gasteiger partial charge in [-0.25, -0.2) is 8.42 Å². The van der Waals surface area contributed by atoms with Crippen LogP contribution in [0.4, 0.5) is 5.69 Å². The van der Waals surface area contributed by atoms with Crippen molar-refractivity contribution >= 4 is 44.8 Å². The van der Waals surface area contributed by atoms with E-state index < -0.39 is 10.0 Å². The standard InChI is InChI=1S/C23H22Cl2N2O3S/c1-15-4-11-21(16(2)12-15)26-31(29,30)22-13-18(7-10-20(22)25)23(28)27(3)14-17-5-8-19(24)9-6-17/h4-13,26H,14H2,1-3H3. The van der Waals surface area contributed by atoms with Crippen LogP contribution in [0.2, 0.25) is 10.0 Å². The lowest BCUT2D eigenvalue weighted by molar-refractivity contribution is 0.0785. The van der Waals surface area contributed by atoms with Crippen molar-refractivity contribution in [1.29, 1.82) is 0 Å². The van der Waals surface area contributed by atoms with E-state index in [0.29, 0.717) is 17.3 Å². The molecule has 0 fully saturated rings. The van der Waals surface area contributed by atoms with Crippen LogP contribution < -0.4 is 4.72 Å². The molecule has 3 aromatic carbocycles. The normalized spacial score (nSPS) is 11.3. The Hall–Kier alpha value is -2.54. The van der Waals surface area contributed by atoms with E-state index in [-0.39, 0.29) is 21.4 Å². The van der Waals surface area contributed by atoms with E-state index in [4.69, 9.17) is 23.2 Å². The molecule has 31 heavy (non-hydrogen) atoms. The van der Waals surface area contributed by atoms with Gasteiger partial charge < -0.3 is 4.90 Å². The maximum absolute atomic E-state index is 13.0. The molecular formula is C23H22Cl2N2O3S. The molecule has 0 bridgehead atoms. The highest BCUT2D eigenvalue weighted by molar-refractivity contribution is 7.92. The van der Waals surface area contributed by atoms with Crippen molar-refractivity contribution in [2.45, 2.75) is 25.3 Å². The number of benzene rings is 3. The first kappa shape index (κ1) is 23.1. The summed E-state index contributed by atoms with van der Waals surface area (Å²) in [7, 11) is -2.35. The van der Waals surface area contributed by atoms with Gasteiger partial charge in [-0.05, 0) is 61.4 Å². The van der Waals surface area contributed by atoms with Gasteiger partial charge in [-0.3, -0.25) is 9.52 Å². The zero-order valence-corrected chi connectivity index (χ0v) is 19.6. The van der Waals surface area contributed by atoms with E-state index >= 15 is 0 Å². The van der Waals surface area contributed by atoms with E-state index in [2.05, 4.69) is 4.72 Å². The van der Waals surface area contributed by atoms with Crippen LogP contribution in [-0.4, -0.2) is 26.3 Å². The van der Waals surface area contributed by atoms with Crippen LogP contribution in [0.1, 0.15) is 27.0 Å². The Labute approximate surface area is 192 Å². The lowest BCUT2D eigenvalue weighted by Crippen LogP contribution is -2.26. The summed E-state index contributed by atoms with van der Waals surface area (Å²) in [5.74, 6) is -0.324. The minimum Gasteiger partial charge on any atom is -0.337 e. The molecule has 162 valence electrons. The molecular weight excluding hydrogens is 455 g/mol. The number of halogens is 2. The van der Waals surface area contributed by atoms with Crippen molar-refractivity contribution < 1.29 is 13.2 Å². The Morgan fingerprint density at radius 1 is 0.968 bits per heavy atom. The summed E-state index contributed by atoms with van der Waals surface area (Å²) in [6.45, 7) is 4.09. The van der Waals surface area contributed by atoms with Gasteiger partial charge in [-0.15, -0.1) is 0 Å². The predicted molar refractivity (Wildman–Crippen MR) is 125 cm³/mol. The topological polar surface area (TPSA) is 66.5 Å². The fraction of sp³-hybridized carbons (Fsp3) is 0.174. The Kier molecular flexibility index (Phi) is 6.94. The highest BCUT2D eigenvalue weighted by Gasteiger charge is 2.22. The Morgan fingerprint density at radius 2 is 1.65 bits per heavy atom. The third-order valence-corrected chi connectivity index (χ3v) is 6.87. The van der Waals surface area contributed by atoms with Crippen LogP contribution in [0.5, 0.6) is 0 Å². The van der Waals surface area contributed by atoms with Crippen LogP contribution in [0.25, 0.3) is 0 Å². The van der Waals surface area contributed by atoms with Crippen molar-refractivity contribution in [1.82, 2.24) is 4.90 Å². The fourth-order valence-electron chi connectivity index (χ4n) is 3.13. The lowest BCUT2D eigenvalue weighted by atomic mass is 10.1. The largest absolute Gasteiger partial charge is 0.337 e. The Morgan fingerprint density at radius 3 is 2.29 bits per heavy atom. The number of sulfonamides is 1. The fourth-order valence-corrected chi connectivity index (χ4v) is 4.91. The predicted octanol–water partition coefficient (Wildman–Crippen LogP) is 5.68. The van der Waals surface area contributed by atoms with Crippen LogP contribution in [0.3, 0.4) is 0 Å². The first-order chi connectivity index (χ1) is 14.6. The van der Waals surface area contributed by atoms with Crippen LogP contribution in [0.15, 0.2) is 65.6 Å². The van der Waals surface area contributed by atoms with E-state index in [1.165, 1.54) is 23.1 Å². The first-order valence-corrected chi connectivity index (χ1v) is 11.7. The molecule has 0 saturated carbocycles. The molecule has 0 atom stereocenters. The number of carbonyl (C=O) groups excluding carboxylic acids is 1. The second kappa shape index (κ2) is 9.30. The van der Waals surface area contributed by atoms with Gasteiger partial charge in [0.2, 0.25) is 0 Å². The number of hydrogen-bond donors (Lipinski definition) is 1. The van der Waals surface area contributed by atoms with Gasteiger partial charge in [0, 0.05) is 24.2 Å². The summed E-state index contributed by atoms with van der Waals surface area (Å²) in [5.41, 5.74) is 3.39. The first-order valence-electron chi connectivity index (χ1n) is 9.46. The summed E-state index contributed by atoms with van der Waals surface area (Å²) in [6.07, 6.45) is 0. The molecule has 1 amide bonds. The molecule has 0 saturated heterocycles. The zero-order valence-electron chi connectivity index (χ0n) is 17.3. The molecule has 1 N–H and O–H groups in total. The van der Waals surface area contributed by atoms with Crippen molar-refractivity contribution in [3.8, 4) is 0 Å². The van der Waals surface area contributed by atoms with Crippen molar-refractivity contribution in [3.63, 3.8) is 0 Å². The minimum atomic E-state index is -3.99. The molecule has 3 rings (SSSR count). The van der Waals surface area contributed by atoms with E-state index in [1.54, 1.807) is 25.2 Å². The molecule has 0 unspecified atom stereocenters. The Balaban J connectivity index is 1.86. The summed E-state index contributed by atoms with van der Waals surface area (Å²) in [6, 6.07) is 16.8. The van der Waals surface area contributed by atoms with E-state index in [9.17, 15) is 13.2 Å². The van der Waals surface area contributed by atoms with Crippen LogP contribution in [-0.2, 0) is 16.6 Å². The highest BCUT2D eigenvalue weighted by atomic mass is 35.5. The average molecular weight is 477 g/mol. The number of nitrogens with zero attached hydrogens (tertiary/aromatic N) is 1. The number of anilines is 1. The number of nitrogens with one attached hydrogen (secondary N) is 1. The number of rotatable bonds is 6. The van der Waals surface area contributed by atoms with Gasteiger partial charge in [-0.1, -0.05) is 53.0 Å². The number of amides is 1. The quantitative estimate of drug-likeness (QED) is 0.497. The molecule has 5 nitrogen and oxygen atoms in total. The third kappa shape index (κ3) is 5.58. The number of hydrogen-bond acceptors (Lipinski definition) is 3. The molecule has 0 spiro atoms. The van der Waals surface area contributed by atoms with Gasteiger partial charge in [0.15, 0.2) is 0 Å². The van der Waals surface area contributed by atoms with Crippen LogP contribution >= 0.6 is 23.2 Å². The van der Waals surface area contributed by atoms with Gasteiger partial charge in [0.25, 0.3) is 15.9 Å². The van der Waals surface area contributed by atoms with Crippen molar-refractivity contribution in [3.05, 3.63) is 93.0 Å². The van der Waals surface area contributed by atoms with Crippen molar-refractivity contribution in [2.24, 2.45) is 0 Å². The molecule has 3 aromatic rings. The smallest absolute Gasteiger partial charge is 0.263 e. The second-order valence-electron chi connectivity index (χ2n) is 7.36. The third-order valence-electron chi connectivity index (χ3n) is 4.77. The highest BCUT2D eigenvalue weighted by Crippen LogP contribution is 2.27. The maximum Gasteiger partial charge on any atom is 0.263 e. The monoisotopic (exact) mass is 476 g/mol. The Bertz CT molecular complexity index is 1230. The van der Waals surface area contributed by atoms with Crippen molar-refractivity contribution in [2.75, 3.05) is 11.8 Å². The summed E-state index contributed by atoms with van der Waals surface area (Å²) in [5, 5.41) is 0.649. The van der Waals surface area contributed by atoms with Crippen LogP contribution in [0, 0.1) is 13.8 Å². The molecule has 0 aliphatic heterocycles. The number of aryl methyl sites for hydroxylation is 2. The second-order valence-corrected chi connectivity index (χ2v) is 9.85.